The van der Waals surface area contributed by atoms with E-state index in [0.717, 1.165) is 27.6 Å². The quantitative estimate of drug-likeness (QED) is 0.507. The van der Waals surface area contributed by atoms with Gasteiger partial charge in [0.1, 0.15) is 12.5 Å². The first-order valence-electron chi connectivity index (χ1n) is 10.2. The number of ether oxygens (including phenoxy) is 1. The number of aliphatic imine (C=N–C) groups is 1. The van der Waals surface area contributed by atoms with E-state index in [0.29, 0.717) is 17.3 Å². The number of rotatable bonds is 7. The SMILES string of the molecule is C=O.CC(C)Oc1ccc(C2=CC(c3ccc4c(ccn4CCC(=O)O)c3)N=C2)cc1Cl. The van der Waals surface area contributed by atoms with Gasteiger partial charge in [-0.25, -0.2) is 0 Å². The summed E-state index contributed by atoms with van der Waals surface area (Å²) in [7, 11) is 0. The summed E-state index contributed by atoms with van der Waals surface area (Å²) < 4.78 is 7.67. The van der Waals surface area contributed by atoms with Crippen LogP contribution in [-0.4, -0.2) is 34.8 Å². The van der Waals surface area contributed by atoms with Crippen molar-refractivity contribution < 1.29 is 19.4 Å². The van der Waals surface area contributed by atoms with Gasteiger partial charge in [0, 0.05) is 24.5 Å². The maximum Gasteiger partial charge on any atom is 0.305 e. The fourth-order valence-corrected chi connectivity index (χ4v) is 3.84. The Bertz CT molecular complexity index is 1180. The van der Waals surface area contributed by atoms with Crippen LogP contribution < -0.4 is 4.74 Å². The first-order chi connectivity index (χ1) is 15.4. The Hall–Kier alpha value is -3.38. The highest BCUT2D eigenvalue weighted by Gasteiger charge is 2.16. The van der Waals surface area contributed by atoms with Crippen molar-refractivity contribution in [1.29, 1.82) is 0 Å². The number of allylic oxidation sites excluding steroid dienone is 1. The van der Waals surface area contributed by atoms with Crippen molar-refractivity contribution in [2.45, 2.75) is 39.0 Å². The largest absolute Gasteiger partial charge is 0.489 e. The van der Waals surface area contributed by atoms with Crippen LogP contribution in [0.1, 0.15) is 37.4 Å². The van der Waals surface area contributed by atoms with Crippen LogP contribution in [0.25, 0.3) is 16.5 Å². The number of aryl methyl sites for hydroxylation is 1. The van der Waals surface area contributed by atoms with E-state index in [1.165, 1.54) is 0 Å². The molecule has 3 aromatic rings. The van der Waals surface area contributed by atoms with Gasteiger partial charge in [-0.2, -0.15) is 0 Å². The number of hydrogen-bond acceptors (Lipinski definition) is 4. The van der Waals surface area contributed by atoms with Crippen molar-refractivity contribution in [2.75, 3.05) is 0 Å². The number of aliphatic carboxylic acids is 1. The van der Waals surface area contributed by atoms with Crippen LogP contribution in [0, 0.1) is 0 Å². The average Bonchev–Trinajstić information content (AvgIpc) is 3.42. The molecule has 0 amide bonds. The van der Waals surface area contributed by atoms with Gasteiger partial charge in [0.15, 0.2) is 0 Å². The zero-order chi connectivity index (χ0) is 23.3. The second kappa shape index (κ2) is 10.3. The van der Waals surface area contributed by atoms with E-state index in [-0.39, 0.29) is 18.6 Å². The molecule has 0 saturated heterocycles. The van der Waals surface area contributed by atoms with E-state index in [2.05, 4.69) is 17.1 Å². The first kappa shape index (κ1) is 23.3. The molecule has 4 rings (SSSR count). The van der Waals surface area contributed by atoms with E-state index in [1.807, 2.05) is 74.0 Å². The molecule has 0 radical (unpaired) electrons. The van der Waals surface area contributed by atoms with Gasteiger partial charge in [-0.05, 0) is 72.3 Å². The minimum atomic E-state index is -0.796. The lowest BCUT2D eigenvalue weighted by Gasteiger charge is -2.12. The third-order valence-electron chi connectivity index (χ3n) is 5.04. The highest BCUT2D eigenvalue weighted by atomic mass is 35.5. The minimum absolute atomic E-state index is 0.0582. The van der Waals surface area contributed by atoms with Crippen LogP contribution in [0.5, 0.6) is 5.75 Å². The van der Waals surface area contributed by atoms with Crippen LogP contribution in [0.4, 0.5) is 0 Å². The van der Waals surface area contributed by atoms with Crippen LogP contribution in [-0.2, 0) is 16.1 Å². The van der Waals surface area contributed by atoms with Crippen molar-refractivity contribution >= 4 is 47.0 Å². The summed E-state index contributed by atoms with van der Waals surface area (Å²) >= 11 is 6.38. The molecule has 2 heterocycles. The molecule has 7 heteroatoms. The second-order valence-electron chi connectivity index (χ2n) is 7.63. The van der Waals surface area contributed by atoms with Crippen LogP contribution >= 0.6 is 11.6 Å². The topological polar surface area (TPSA) is 80.9 Å². The molecule has 1 N–H and O–H groups in total. The number of aromatic nitrogens is 1. The van der Waals surface area contributed by atoms with Gasteiger partial charge < -0.3 is 19.2 Å². The number of hydrogen-bond donors (Lipinski definition) is 1. The normalized spacial score (nSPS) is 14.9. The molecular formula is C25H25ClN2O4. The summed E-state index contributed by atoms with van der Waals surface area (Å²) in [5.41, 5.74) is 4.15. The molecule has 1 aliphatic heterocycles. The minimum Gasteiger partial charge on any atom is -0.489 e. The van der Waals surface area contributed by atoms with E-state index < -0.39 is 5.97 Å². The van der Waals surface area contributed by atoms with Crippen LogP contribution in [0.2, 0.25) is 5.02 Å². The lowest BCUT2D eigenvalue weighted by molar-refractivity contribution is -0.137. The zero-order valence-corrected chi connectivity index (χ0v) is 18.7. The molecular weight excluding hydrogens is 428 g/mol. The number of fused-ring (bicyclic) bond motifs is 1. The van der Waals surface area contributed by atoms with E-state index >= 15 is 0 Å². The lowest BCUT2D eigenvalue weighted by atomic mass is 10.0. The summed E-state index contributed by atoms with van der Waals surface area (Å²) in [6, 6.07) is 13.9. The molecule has 166 valence electrons. The Balaban J connectivity index is 0.00000141. The molecule has 0 fully saturated rings. The monoisotopic (exact) mass is 452 g/mol. The maximum atomic E-state index is 10.8. The summed E-state index contributed by atoms with van der Waals surface area (Å²) in [5, 5.41) is 10.6. The van der Waals surface area contributed by atoms with Gasteiger partial charge >= 0.3 is 5.97 Å². The first-order valence-corrected chi connectivity index (χ1v) is 10.6. The summed E-state index contributed by atoms with van der Waals surface area (Å²) in [6.45, 7) is 6.40. The smallest absolute Gasteiger partial charge is 0.305 e. The van der Waals surface area contributed by atoms with E-state index in [1.54, 1.807) is 0 Å². The molecule has 2 aromatic carbocycles. The fraction of sp³-hybridized carbons (Fsp3) is 0.240. The standard InChI is InChI=1S/C24H23ClN2O3.CH2O/c1-15(2)30-23-6-4-16(12-20(23)25)19-13-21(26-14-19)17-3-5-22-18(11-17)7-9-27(22)10-8-24(28)29;1-2/h3-7,9,11-15,21H,8,10H2,1-2H3,(H,28,29);1H2. The fourth-order valence-electron chi connectivity index (χ4n) is 3.61. The van der Waals surface area contributed by atoms with Crippen LogP contribution in [0.3, 0.4) is 0 Å². The molecule has 1 aliphatic rings. The highest BCUT2D eigenvalue weighted by molar-refractivity contribution is 6.32. The number of nitrogens with zero attached hydrogens (tertiary/aromatic N) is 2. The van der Waals surface area contributed by atoms with Crippen molar-refractivity contribution in [3.63, 3.8) is 0 Å². The van der Waals surface area contributed by atoms with E-state index in [9.17, 15) is 4.79 Å². The third-order valence-corrected chi connectivity index (χ3v) is 5.34. The molecule has 1 unspecified atom stereocenters. The Kier molecular flexibility index (Phi) is 7.49. The lowest BCUT2D eigenvalue weighted by Crippen LogP contribution is -2.05. The number of carbonyl (C=O) groups excluding carboxylic acids is 1. The molecule has 0 saturated carbocycles. The summed E-state index contributed by atoms with van der Waals surface area (Å²) in [4.78, 5) is 23.5. The predicted octanol–water partition coefficient (Wildman–Crippen LogP) is 5.58. The van der Waals surface area contributed by atoms with Gasteiger partial charge in [0.2, 0.25) is 0 Å². The van der Waals surface area contributed by atoms with Gasteiger partial charge in [0.25, 0.3) is 0 Å². The Morgan fingerprint density at radius 3 is 2.69 bits per heavy atom. The number of carboxylic acid groups (broad SMARTS) is 1. The number of halogens is 1. The van der Waals surface area contributed by atoms with Crippen molar-refractivity contribution in [2.24, 2.45) is 4.99 Å². The van der Waals surface area contributed by atoms with Gasteiger partial charge in [-0.1, -0.05) is 23.7 Å². The molecule has 0 bridgehead atoms. The summed E-state index contributed by atoms with van der Waals surface area (Å²) in [6.07, 6.45) is 6.10. The Morgan fingerprint density at radius 1 is 1.22 bits per heavy atom. The van der Waals surface area contributed by atoms with Crippen molar-refractivity contribution in [3.05, 3.63) is 70.9 Å². The Morgan fingerprint density at radius 2 is 2.00 bits per heavy atom. The third kappa shape index (κ3) is 5.26. The highest BCUT2D eigenvalue weighted by Crippen LogP contribution is 2.34. The van der Waals surface area contributed by atoms with Crippen LogP contribution in [0.15, 0.2) is 59.7 Å². The second-order valence-corrected chi connectivity index (χ2v) is 8.04. The maximum absolute atomic E-state index is 10.8. The van der Waals surface area contributed by atoms with Crippen molar-refractivity contribution in [1.82, 2.24) is 4.57 Å². The predicted molar refractivity (Wildman–Crippen MR) is 128 cm³/mol. The van der Waals surface area contributed by atoms with Crippen molar-refractivity contribution in [3.8, 4) is 5.75 Å². The molecule has 1 aromatic heterocycles. The molecule has 6 nitrogen and oxygen atoms in total. The molecule has 0 aliphatic carbocycles. The Labute approximate surface area is 191 Å². The summed E-state index contributed by atoms with van der Waals surface area (Å²) in [5.74, 6) is -0.115. The number of carboxylic acids is 1. The van der Waals surface area contributed by atoms with Gasteiger partial charge in [-0.15, -0.1) is 0 Å². The number of carbonyl (C=O) groups is 2. The van der Waals surface area contributed by atoms with Gasteiger partial charge in [0.05, 0.1) is 23.6 Å². The average molecular weight is 453 g/mol. The van der Waals surface area contributed by atoms with Gasteiger partial charge in [-0.3, -0.25) is 9.79 Å². The number of benzene rings is 2. The molecule has 1 atom stereocenters. The zero-order valence-electron chi connectivity index (χ0n) is 18.0. The molecule has 32 heavy (non-hydrogen) atoms. The molecule has 0 spiro atoms. The van der Waals surface area contributed by atoms with E-state index in [4.69, 9.17) is 26.2 Å².